The summed E-state index contributed by atoms with van der Waals surface area (Å²) in [6, 6.07) is 13.9. The highest BCUT2D eigenvalue weighted by atomic mass is 32.2. The van der Waals surface area contributed by atoms with Crippen molar-refractivity contribution in [1.29, 1.82) is 0 Å². The molecule has 0 bridgehead atoms. The number of fused-ring (bicyclic) bond motifs is 1. The van der Waals surface area contributed by atoms with Crippen LogP contribution in [0, 0.1) is 11.8 Å². The second kappa shape index (κ2) is 13.2. The monoisotopic (exact) mass is 568 g/mol. The third kappa shape index (κ3) is 7.24. The molecule has 0 aromatic heterocycles. The summed E-state index contributed by atoms with van der Waals surface area (Å²) in [5.41, 5.74) is 0.0131. The molecule has 2 aromatic carbocycles. The first-order valence-electron chi connectivity index (χ1n) is 14.2. The van der Waals surface area contributed by atoms with Crippen LogP contribution in [-0.4, -0.2) is 40.0 Å². The minimum atomic E-state index is -1.64. The van der Waals surface area contributed by atoms with E-state index in [1.807, 2.05) is 30.3 Å². The predicted octanol–water partition coefficient (Wildman–Crippen LogP) is 8.32. The average Bonchev–Trinajstić information content (AvgIpc) is 2.91. The Labute approximate surface area is 242 Å². The summed E-state index contributed by atoms with van der Waals surface area (Å²) < 4.78 is 17.1. The average molecular weight is 569 g/mol. The SMILES string of the molecule is COc1ccc(C2(C)CSc3cc(OC)ccc3C2(O)C#CCCCCCCCO[Si](C)(C)C(C)(C)C)cc1. The lowest BCUT2D eigenvalue weighted by molar-refractivity contribution is 0.0234. The first-order chi connectivity index (χ1) is 18.4. The lowest BCUT2D eigenvalue weighted by atomic mass is 9.66. The Kier molecular flexibility index (Phi) is 10.7. The van der Waals surface area contributed by atoms with Gasteiger partial charge in [0.2, 0.25) is 0 Å². The molecule has 6 heteroatoms. The Bertz CT molecular complexity index is 1150. The number of methoxy groups -OCH3 is 2. The van der Waals surface area contributed by atoms with Crippen LogP contribution in [0.25, 0.3) is 0 Å². The molecule has 4 nitrogen and oxygen atoms in total. The highest BCUT2D eigenvalue weighted by Gasteiger charge is 2.52. The number of hydrogen-bond acceptors (Lipinski definition) is 5. The van der Waals surface area contributed by atoms with Gasteiger partial charge in [0, 0.05) is 34.7 Å². The van der Waals surface area contributed by atoms with Crippen LogP contribution in [0.15, 0.2) is 47.4 Å². The molecule has 0 aliphatic carbocycles. The zero-order chi connectivity index (χ0) is 28.7. The van der Waals surface area contributed by atoms with Gasteiger partial charge in [0.05, 0.1) is 14.2 Å². The van der Waals surface area contributed by atoms with E-state index in [2.05, 4.69) is 64.8 Å². The van der Waals surface area contributed by atoms with Gasteiger partial charge in [-0.05, 0) is 60.8 Å². The molecule has 1 heterocycles. The smallest absolute Gasteiger partial charge is 0.191 e. The van der Waals surface area contributed by atoms with Crippen LogP contribution in [0.1, 0.15) is 77.3 Å². The van der Waals surface area contributed by atoms with Crippen molar-refractivity contribution in [2.45, 2.75) is 100 Å². The summed E-state index contributed by atoms with van der Waals surface area (Å²) >= 11 is 1.74. The van der Waals surface area contributed by atoms with Gasteiger partial charge in [-0.3, -0.25) is 0 Å². The van der Waals surface area contributed by atoms with Crippen molar-refractivity contribution in [3.63, 3.8) is 0 Å². The van der Waals surface area contributed by atoms with Gasteiger partial charge in [-0.2, -0.15) is 0 Å². The van der Waals surface area contributed by atoms with Crippen LogP contribution in [0.3, 0.4) is 0 Å². The van der Waals surface area contributed by atoms with E-state index >= 15 is 0 Å². The van der Waals surface area contributed by atoms with Gasteiger partial charge < -0.3 is 19.0 Å². The molecule has 0 radical (unpaired) electrons. The van der Waals surface area contributed by atoms with Gasteiger partial charge >= 0.3 is 0 Å². The number of thioether (sulfide) groups is 1. The second-order valence-corrected chi connectivity index (χ2v) is 18.2. The summed E-state index contributed by atoms with van der Waals surface area (Å²) in [6.45, 7) is 14.5. The normalized spacial score (nSPS) is 21.1. The Morgan fingerprint density at radius 3 is 2.18 bits per heavy atom. The molecule has 1 aliphatic rings. The summed E-state index contributed by atoms with van der Waals surface area (Å²) in [5.74, 6) is 9.03. The highest BCUT2D eigenvalue weighted by Crippen LogP contribution is 2.53. The van der Waals surface area contributed by atoms with Crippen LogP contribution in [0.4, 0.5) is 0 Å². The van der Waals surface area contributed by atoms with Gasteiger partial charge in [0.15, 0.2) is 13.9 Å². The molecule has 0 saturated carbocycles. The maximum atomic E-state index is 12.3. The maximum absolute atomic E-state index is 12.3. The van der Waals surface area contributed by atoms with Gasteiger partial charge in [0.25, 0.3) is 0 Å². The molecule has 1 aliphatic heterocycles. The van der Waals surface area contributed by atoms with Crippen LogP contribution < -0.4 is 9.47 Å². The zero-order valence-corrected chi connectivity index (χ0v) is 27.1. The van der Waals surface area contributed by atoms with Crippen LogP contribution in [0.5, 0.6) is 11.5 Å². The molecular formula is C33H48O4SSi. The molecular weight excluding hydrogens is 521 g/mol. The van der Waals surface area contributed by atoms with Crippen molar-refractivity contribution in [3.8, 4) is 23.3 Å². The summed E-state index contributed by atoms with van der Waals surface area (Å²) in [7, 11) is 1.70. The third-order valence-electron chi connectivity index (χ3n) is 8.61. The lowest BCUT2D eigenvalue weighted by Crippen LogP contribution is -2.50. The summed E-state index contributed by atoms with van der Waals surface area (Å²) in [6.07, 6.45) is 6.46. The predicted molar refractivity (Wildman–Crippen MR) is 167 cm³/mol. The van der Waals surface area contributed by atoms with E-state index in [4.69, 9.17) is 13.9 Å². The Morgan fingerprint density at radius 1 is 0.923 bits per heavy atom. The van der Waals surface area contributed by atoms with Crippen molar-refractivity contribution in [2.75, 3.05) is 26.6 Å². The second-order valence-electron chi connectivity index (χ2n) is 12.4. The Morgan fingerprint density at radius 2 is 1.54 bits per heavy atom. The Hall–Kier alpha value is -1.91. The molecule has 0 spiro atoms. The number of unbranched alkanes of at least 4 members (excludes halogenated alkanes) is 5. The maximum Gasteiger partial charge on any atom is 0.191 e. The van der Waals surface area contributed by atoms with Gasteiger partial charge in [-0.1, -0.05) is 77.0 Å². The lowest BCUT2D eigenvalue weighted by Gasteiger charge is -2.46. The number of rotatable bonds is 11. The summed E-state index contributed by atoms with van der Waals surface area (Å²) in [4.78, 5) is 1.03. The van der Waals surface area contributed by atoms with Crippen molar-refractivity contribution >= 4 is 20.1 Å². The number of aliphatic hydroxyl groups is 1. The number of ether oxygens (including phenoxy) is 2. The largest absolute Gasteiger partial charge is 0.497 e. The molecule has 0 fully saturated rings. The minimum absolute atomic E-state index is 0.267. The molecule has 2 atom stereocenters. The minimum Gasteiger partial charge on any atom is -0.497 e. The van der Waals surface area contributed by atoms with Gasteiger partial charge in [0.1, 0.15) is 11.5 Å². The van der Waals surface area contributed by atoms with E-state index in [0.717, 1.165) is 59.8 Å². The highest BCUT2D eigenvalue weighted by molar-refractivity contribution is 7.99. The van der Waals surface area contributed by atoms with Crippen LogP contribution >= 0.6 is 11.8 Å². The van der Waals surface area contributed by atoms with Crippen molar-refractivity contribution in [3.05, 3.63) is 53.6 Å². The van der Waals surface area contributed by atoms with Gasteiger partial charge in [-0.25, -0.2) is 0 Å². The van der Waals surface area contributed by atoms with Crippen molar-refractivity contribution in [2.24, 2.45) is 0 Å². The molecule has 2 unspecified atom stereocenters. The fourth-order valence-electron chi connectivity index (χ4n) is 4.71. The Balaban J connectivity index is 1.65. The molecule has 214 valence electrons. The third-order valence-corrected chi connectivity index (χ3v) is 14.5. The molecule has 39 heavy (non-hydrogen) atoms. The van der Waals surface area contributed by atoms with Crippen molar-refractivity contribution in [1.82, 2.24) is 0 Å². The molecule has 2 aromatic rings. The first-order valence-corrected chi connectivity index (χ1v) is 18.1. The van der Waals surface area contributed by atoms with E-state index in [1.165, 1.54) is 12.8 Å². The van der Waals surface area contributed by atoms with E-state index in [-0.39, 0.29) is 5.04 Å². The number of benzene rings is 2. The molecule has 3 rings (SSSR count). The molecule has 0 amide bonds. The van der Waals surface area contributed by atoms with Gasteiger partial charge in [-0.15, -0.1) is 11.8 Å². The van der Waals surface area contributed by atoms with E-state index in [9.17, 15) is 5.11 Å². The zero-order valence-electron chi connectivity index (χ0n) is 25.3. The quantitative estimate of drug-likeness (QED) is 0.168. The van der Waals surface area contributed by atoms with Crippen LogP contribution in [-0.2, 0) is 15.4 Å². The van der Waals surface area contributed by atoms with E-state index in [1.54, 1.807) is 26.0 Å². The van der Waals surface area contributed by atoms with Crippen LogP contribution in [0.2, 0.25) is 18.1 Å². The number of hydrogen-bond donors (Lipinski definition) is 1. The topological polar surface area (TPSA) is 47.9 Å². The fraction of sp³-hybridized carbons (Fsp3) is 0.576. The molecule has 0 saturated heterocycles. The standard InChI is InChI=1S/C33H48O4SSi/c1-31(2,3)39(7,8)37-23-15-13-11-9-10-12-14-22-33(34)29-21-20-28(36-6)24-30(29)38-25-32(33,4)26-16-18-27(35-5)19-17-26/h16-21,24,34H,9-13,15,23,25H2,1-8H3. The van der Waals surface area contributed by atoms with E-state index < -0.39 is 19.3 Å². The van der Waals surface area contributed by atoms with Crippen molar-refractivity contribution < 1.29 is 19.0 Å². The fourth-order valence-corrected chi connectivity index (χ4v) is 7.19. The first kappa shape index (κ1) is 31.6. The van der Waals surface area contributed by atoms with E-state index in [0.29, 0.717) is 5.75 Å². The molecule has 1 N–H and O–H groups in total. The summed E-state index contributed by atoms with van der Waals surface area (Å²) in [5, 5.41) is 12.6.